The number of aliphatic hydroxyl groups is 2. The predicted octanol–water partition coefficient (Wildman–Crippen LogP) is 5.65. The first kappa shape index (κ1) is 26.0. The first-order chi connectivity index (χ1) is 14.8. The van der Waals surface area contributed by atoms with Crippen molar-refractivity contribution in [1.29, 1.82) is 0 Å². The molecule has 32 heavy (non-hydrogen) atoms. The molecule has 2 saturated carbocycles. The van der Waals surface area contributed by atoms with E-state index in [0.29, 0.717) is 25.7 Å². The van der Waals surface area contributed by atoms with E-state index in [1.807, 2.05) is 27.7 Å². The van der Waals surface area contributed by atoms with Crippen LogP contribution in [-0.4, -0.2) is 33.3 Å². The fourth-order valence-electron chi connectivity index (χ4n) is 4.71. The third-order valence-corrected chi connectivity index (χ3v) is 6.33. The number of carbonyl (C=O) groups excluding carboxylic acids is 4. The molecule has 2 rings (SSSR count). The van der Waals surface area contributed by atoms with Crippen LogP contribution >= 0.6 is 0 Å². The number of Topliss-reactive ketones (excluding diaryl/α,β-unsaturated/α-hetero) is 4. The van der Waals surface area contributed by atoms with Gasteiger partial charge in [-0.1, -0.05) is 53.4 Å². The Kier molecular flexibility index (Phi) is 8.60. The molecule has 178 valence electrons. The van der Waals surface area contributed by atoms with Gasteiger partial charge in [0.2, 0.25) is 0 Å². The van der Waals surface area contributed by atoms with Crippen LogP contribution in [0.4, 0.5) is 0 Å². The Morgan fingerprint density at radius 2 is 0.812 bits per heavy atom. The van der Waals surface area contributed by atoms with Crippen molar-refractivity contribution in [3.05, 3.63) is 22.7 Å². The molecular weight excluding hydrogens is 408 g/mol. The Bertz CT molecular complexity index is 726. The molecule has 0 aromatic carbocycles. The van der Waals surface area contributed by atoms with Crippen molar-refractivity contribution >= 4 is 23.1 Å². The Hall–Kier alpha value is -2.24. The van der Waals surface area contributed by atoms with E-state index in [1.165, 1.54) is 0 Å². The van der Waals surface area contributed by atoms with Crippen molar-refractivity contribution in [3.8, 4) is 0 Å². The van der Waals surface area contributed by atoms with E-state index in [9.17, 15) is 29.4 Å². The standard InChI is InChI=1S/C26H38O6/c1-25(2)13-19(29)23(20(30)14-25)17(27)11-9-7-5-6-8-10-12-18(28)24-21(31)15-26(3,4)16-22(24)32/h27-28H,5-16H2,1-4H3. The molecule has 0 heterocycles. The highest BCUT2D eigenvalue weighted by Crippen LogP contribution is 2.36. The van der Waals surface area contributed by atoms with Gasteiger partial charge in [0.15, 0.2) is 23.1 Å². The summed E-state index contributed by atoms with van der Waals surface area (Å²) in [5.41, 5.74) is -0.668. The lowest BCUT2D eigenvalue weighted by atomic mass is 9.73. The minimum Gasteiger partial charge on any atom is -0.511 e. The number of ketones is 4. The maximum atomic E-state index is 12.2. The summed E-state index contributed by atoms with van der Waals surface area (Å²) in [7, 11) is 0. The van der Waals surface area contributed by atoms with E-state index in [0.717, 1.165) is 25.7 Å². The highest BCUT2D eigenvalue weighted by molar-refractivity contribution is 6.23. The van der Waals surface area contributed by atoms with Crippen LogP contribution in [0.25, 0.3) is 0 Å². The van der Waals surface area contributed by atoms with Crippen molar-refractivity contribution in [2.24, 2.45) is 10.8 Å². The summed E-state index contributed by atoms with van der Waals surface area (Å²) in [6.07, 6.45) is 6.82. The number of hydrogen-bond acceptors (Lipinski definition) is 6. The Balaban J connectivity index is 1.68. The molecule has 0 aromatic heterocycles. The zero-order chi connectivity index (χ0) is 24.1. The van der Waals surface area contributed by atoms with E-state index in [-0.39, 0.29) is 82.3 Å². The maximum absolute atomic E-state index is 12.2. The molecule has 0 saturated heterocycles. The van der Waals surface area contributed by atoms with Crippen LogP contribution in [0.2, 0.25) is 0 Å². The molecule has 6 nitrogen and oxygen atoms in total. The summed E-state index contributed by atoms with van der Waals surface area (Å²) in [5, 5.41) is 20.5. The SMILES string of the molecule is CC1(C)CC(=O)C(=C(O)CCCCCCCCC(O)=C2C(=O)CC(C)(C)CC2=O)C(=O)C1. The summed E-state index contributed by atoms with van der Waals surface area (Å²) in [6, 6.07) is 0. The fourth-order valence-corrected chi connectivity index (χ4v) is 4.71. The number of allylic oxidation sites excluding steroid dienone is 4. The van der Waals surface area contributed by atoms with Gasteiger partial charge < -0.3 is 10.2 Å². The highest BCUT2D eigenvalue weighted by atomic mass is 16.3. The van der Waals surface area contributed by atoms with Crippen molar-refractivity contribution in [2.45, 2.75) is 105 Å². The summed E-state index contributed by atoms with van der Waals surface area (Å²) in [5.74, 6) is -1.16. The van der Waals surface area contributed by atoms with Crippen LogP contribution in [-0.2, 0) is 19.2 Å². The highest BCUT2D eigenvalue weighted by Gasteiger charge is 2.38. The van der Waals surface area contributed by atoms with Crippen molar-refractivity contribution in [1.82, 2.24) is 0 Å². The van der Waals surface area contributed by atoms with Gasteiger partial charge in [0.05, 0.1) is 11.1 Å². The molecule has 0 aliphatic heterocycles. The van der Waals surface area contributed by atoms with Crippen molar-refractivity contribution in [2.75, 3.05) is 0 Å². The van der Waals surface area contributed by atoms with Crippen molar-refractivity contribution in [3.63, 3.8) is 0 Å². The van der Waals surface area contributed by atoms with Crippen molar-refractivity contribution < 1.29 is 29.4 Å². The van der Waals surface area contributed by atoms with E-state index in [2.05, 4.69) is 0 Å². The third kappa shape index (κ3) is 7.14. The van der Waals surface area contributed by atoms with Crippen LogP contribution < -0.4 is 0 Å². The molecule has 0 unspecified atom stereocenters. The first-order valence-corrected chi connectivity index (χ1v) is 11.8. The van der Waals surface area contributed by atoms with E-state index >= 15 is 0 Å². The zero-order valence-electron chi connectivity index (χ0n) is 20.0. The second-order valence-electron chi connectivity index (χ2n) is 11.0. The van der Waals surface area contributed by atoms with Gasteiger partial charge in [0.25, 0.3) is 0 Å². The number of hydrogen-bond donors (Lipinski definition) is 2. The number of aliphatic hydroxyl groups excluding tert-OH is 2. The van der Waals surface area contributed by atoms with Gasteiger partial charge in [-0.15, -0.1) is 0 Å². The molecule has 0 amide bonds. The summed E-state index contributed by atoms with van der Waals surface area (Å²) < 4.78 is 0. The summed E-state index contributed by atoms with van der Waals surface area (Å²) >= 11 is 0. The molecule has 2 aliphatic carbocycles. The molecule has 6 heteroatoms. The molecule has 0 radical (unpaired) electrons. The van der Waals surface area contributed by atoms with Gasteiger partial charge in [0.1, 0.15) is 11.5 Å². The lowest BCUT2D eigenvalue weighted by Gasteiger charge is -2.28. The van der Waals surface area contributed by atoms with Crippen LogP contribution in [0.15, 0.2) is 22.7 Å². The van der Waals surface area contributed by atoms with Gasteiger partial charge in [-0.3, -0.25) is 19.2 Å². The van der Waals surface area contributed by atoms with Crippen LogP contribution in [0.3, 0.4) is 0 Å². The largest absolute Gasteiger partial charge is 0.511 e. The second-order valence-corrected chi connectivity index (χ2v) is 11.0. The number of rotatable bonds is 9. The minimum atomic E-state index is -0.337. The molecule has 0 bridgehead atoms. The van der Waals surface area contributed by atoms with E-state index in [4.69, 9.17) is 0 Å². The average Bonchev–Trinajstić information content (AvgIpc) is 2.60. The van der Waals surface area contributed by atoms with Gasteiger partial charge in [-0.2, -0.15) is 0 Å². The van der Waals surface area contributed by atoms with Crippen LogP contribution in [0.5, 0.6) is 0 Å². The van der Waals surface area contributed by atoms with E-state index in [1.54, 1.807) is 0 Å². The topological polar surface area (TPSA) is 109 Å². The molecule has 2 fully saturated rings. The second kappa shape index (κ2) is 10.6. The monoisotopic (exact) mass is 446 g/mol. The van der Waals surface area contributed by atoms with Crippen LogP contribution in [0.1, 0.15) is 105 Å². The quantitative estimate of drug-likeness (QED) is 0.205. The van der Waals surface area contributed by atoms with Crippen LogP contribution in [0, 0.1) is 10.8 Å². The Morgan fingerprint density at radius 3 is 1.09 bits per heavy atom. The minimum absolute atomic E-state index is 0.00281. The van der Waals surface area contributed by atoms with Gasteiger partial charge >= 0.3 is 0 Å². The first-order valence-electron chi connectivity index (χ1n) is 11.8. The molecule has 2 N–H and O–H groups in total. The van der Waals surface area contributed by atoms with E-state index < -0.39 is 0 Å². The lowest BCUT2D eigenvalue weighted by molar-refractivity contribution is -0.129. The smallest absolute Gasteiger partial charge is 0.170 e. The maximum Gasteiger partial charge on any atom is 0.170 e. The predicted molar refractivity (Wildman–Crippen MR) is 122 cm³/mol. The molecule has 0 spiro atoms. The fraction of sp³-hybridized carbons (Fsp3) is 0.692. The average molecular weight is 447 g/mol. The Morgan fingerprint density at radius 1 is 0.562 bits per heavy atom. The summed E-state index contributed by atoms with van der Waals surface area (Å²) in [6.45, 7) is 7.55. The van der Waals surface area contributed by atoms with Gasteiger partial charge in [0, 0.05) is 38.5 Å². The molecule has 0 aromatic rings. The lowest BCUT2D eigenvalue weighted by Crippen LogP contribution is -2.32. The number of unbranched alkanes of at least 4 members (excludes halogenated alkanes) is 5. The zero-order valence-corrected chi connectivity index (χ0v) is 20.0. The molecular formula is C26H38O6. The molecule has 2 aliphatic rings. The van der Waals surface area contributed by atoms with Gasteiger partial charge in [-0.25, -0.2) is 0 Å². The molecule has 0 atom stereocenters. The van der Waals surface area contributed by atoms with Gasteiger partial charge in [-0.05, 0) is 23.7 Å². The third-order valence-electron chi connectivity index (χ3n) is 6.33. The summed E-state index contributed by atoms with van der Waals surface area (Å²) in [4.78, 5) is 48.8. The normalized spacial score (nSPS) is 20.6. The number of carbonyl (C=O) groups is 4. The Labute approximate surface area is 191 Å².